The van der Waals surface area contributed by atoms with Crippen LogP contribution in [0.1, 0.15) is 29.5 Å². The number of carboxylic acids is 3. The van der Waals surface area contributed by atoms with Crippen LogP contribution in [0.4, 0.5) is 0 Å². The van der Waals surface area contributed by atoms with Crippen LogP contribution in [0.5, 0.6) is 0 Å². The highest BCUT2D eigenvalue weighted by atomic mass is 32.2. The van der Waals surface area contributed by atoms with Gasteiger partial charge in [-0.3, -0.25) is 18.9 Å². The van der Waals surface area contributed by atoms with Crippen molar-refractivity contribution in [1.82, 2.24) is 0 Å². The monoisotopic (exact) mass is 512 g/mol. The summed E-state index contributed by atoms with van der Waals surface area (Å²) >= 11 is 0. The van der Waals surface area contributed by atoms with Crippen molar-refractivity contribution in [3.63, 3.8) is 0 Å². The van der Waals surface area contributed by atoms with Crippen molar-refractivity contribution in [2.75, 3.05) is 0 Å². The third-order valence-electron chi connectivity index (χ3n) is 6.39. The van der Waals surface area contributed by atoms with Crippen LogP contribution in [0.2, 0.25) is 0 Å². The van der Waals surface area contributed by atoms with Crippen molar-refractivity contribution in [1.29, 1.82) is 0 Å². The van der Waals surface area contributed by atoms with E-state index in [9.17, 15) is 42.7 Å². The lowest BCUT2D eigenvalue weighted by Gasteiger charge is -2.43. The average molecular weight is 513 g/mol. The van der Waals surface area contributed by atoms with Gasteiger partial charge in [0, 0.05) is 5.41 Å². The number of rotatable bonds is 11. The summed E-state index contributed by atoms with van der Waals surface area (Å²) in [4.78, 5) is 36.6. The second-order valence-corrected chi connectivity index (χ2v) is 10.0. The Kier molecular flexibility index (Phi) is 7.61. The van der Waals surface area contributed by atoms with Gasteiger partial charge in [-0.2, -0.15) is 8.42 Å². The van der Waals surface area contributed by atoms with Gasteiger partial charge in [-0.05, 0) is 23.1 Å². The van der Waals surface area contributed by atoms with Crippen LogP contribution in [0.3, 0.4) is 0 Å². The molecule has 0 bridgehead atoms. The molecule has 188 valence electrons. The molecule has 0 saturated carbocycles. The maximum absolute atomic E-state index is 12.9. The van der Waals surface area contributed by atoms with Crippen LogP contribution < -0.4 is 0 Å². The molecule has 0 fully saturated rings. The van der Waals surface area contributed by atoms with Crippen LogP contribution in [-0.4, -0.2) is 50.9 Å². The Morgan fingerprint density at radius 1 is 0.694 bits per heavy atom. The Morgan fingerprint density at radius 2 is 1.06 bits per heavy atom. The maximum atomic E-state index is 12.9. The lowest BCUT2D eigenvalue weighted by Crippen LogP contribution is -2.59. The van der Waals surface area contributed by atoms with Crippen molar-refractivity contribution in [3.05, 3.63) is 108 Å². The molecule has 0 aliphatic heterocycles. The van der Waals surface area contributed by atoms with E-state index in [2.05, 4.69) is 0 Å². The molecule has 3 rings (SSSR count). The summed E-state index contributed by atoms with van der Waals surface area (Å²) in [5.74, 6) is -8.41. The summed E-state index contributed by atoms with van der Waals surface area (Å²) < 4.78 is 32.8. The molecule has 0 aromatic heterocycles. The summed E-state index contributed by atoms with van der Waals surface area (Å²) in [5.41, 5.74) is -0.382. The third kappa shape index (κ3) is 4.73. The van der Waals surface area contributed by atoms with E-state index in [0.29, 0.717) is 16.7 Å². The second kappa shape index (κ2) is 10.3. The van der Waals surface area contributed by atoms with Crippen LogP contribution in [-0.2, 0) is 29.9 Å². The van der Waals surface area contributed by atoms with Crippen molar-refractivity contribution in [2.45, 2.75) is 23.0 Å². The second-order valence-electron chi connectivity index (χ2n) is 8.34. The van der Waals surface area contributed by atoms with E-state index in [1.165, 1.54) is 0 Å². The lowest BCUT2D eigenvalue weighted by molar-refractivity contribution is -0.156. The van der Waals surface area contributed by atoms with Gasteiger partial charge in [-0.15, -0.1) is 0 Å². The van der Waals surface area contributed by atoms with Gasteiger partial charge in [0.25, 0.3) is 10.1 Å². The van der Waals surface area contributed by atoms with Gasteiger partial charge in [-0.1, -0.05) is 91.0 Å². The predicted molar refractivity (Wildman–Crippen MR) is 129 cm³/mol. The number of hydrogen-bond acceptors (Lipinski definition) is 5. The van der Waals surface area contributed by atoms with E-state index in [1.807, 2.05) is 0 Å². The van der Waals surface area contributed by atoms with Gasteiger partial charge >= 0.3 is 17.9 Å². The molecule has 0 aliphatic carbocycles. The third-order valence-corrected chi connectivity index (χ3v) is 7.91. The molecule has 0 aliphatic rings. The average Bonchev–Trinajstić information content (AvgIpc) is 2.84. The van der Waals surface area contributed by atoms with E-state index in [-0.39, 0.29) is 0 Å². The van der Waals surface area contributed by atoms with E-state index < -0.39 is 56.9 Å². The minimum atomic E-state index is -5.72. The van der Waals surface area contributed by atoms with Gasteiger partial charge in [0.15, 0.2) is 0 Å². The molecule has 0 heterocycles. The Balaban J connectivity index is 2.53. The van der Waals surface area contributed by atoms with E-state index >= 15 is 0 Å². The summed E-state index contributed by atoms with van der Waals surface area (Å²) in [6.07, 6.45) is -2.35. The zero-order valence-corrected chi connectivity index (χ0v) is 19.7. The lowest BCUT2D eigenvalue weighted by atomic mass is 9.62. The summed E-state index contributed by atoms with van der Waals surface area (Å²) in [7, 11) is -5.72. The highest BCUT2D eigenvalue weighted by Gasteiger charge is 2.64. The first-order valence-corrected chi connectivity index (χ1v) is 12.2. The first-order chi connectivity index (χ1) is 17.0. The largest absolute Gasteiger partial charge is 0.481 e. The quantitative estimate of drug-likeness (QED) is 0.223. The molecule has 3 aromatic carbocycles. The molecular formula is C26H24O9S. The van der Waals surface area contributed by atoms with Gasteiger partial charge < -0.3 is 15.3 Å². The molecule has 0 spiro atoms. The van der Waals surface area contributed by atoms with Gasteiger partial charge in [0.2, 0.25) is 4.75 Å². The normalized spacial score (nSPS) is 14.4. The zero-order valence-electron chi connectivity index (χ0n) is 18.9. The van der Waals surface area contributed by atoms with Crippen molar-refractivity contribution < 1.29 is 42.7 Å². The number of benzene rings is 3. The number of carbonyl (C=O) groups is 3. The van der Waals surface area contributed by atoms with Crippen molar-refractivity contribution in [2.24, 2.45) is 5.92 Å². The zero-order chi connectivity index (χ0) is 26.6. The maximum Gasteiger partial charge on any atom is 0.328 e. The van der Waals surface area contributed by atoms with Gasteiger partial charge in [0.05, 0.1) is 12.3 Å². The molecule has 3 aromatic rings. The van der Waals surface area contributed by atoms with Gasteiger partial charge in [0.1, 0.15) is 0 Å². The van der Waals surface area contributed by atoms with Crippen LogP contribution in [0.25, 0.3) is 0 Å². The minimum Gasteiger partial charge on any atom is -0.481 e. The Labute approximate surface area is 207 Å². The van der Waals surface area contributed by atoms with Crippen LogP contribution >= 0.6 is 0 Å². The number of hydrogen-bond donors (Lipinski definition) is 4. The molecular weight excluding hydrogens is 488 g/mol. The highest BCUT2D eigenvalue weighted by molar-refractivity contribution is 7.88. The molecule has 0 radical (unpaired) electrons. The number of carboxylic acid groups (broad SMARTS) is 3. The van der Waals surface area contributed by atoms with E-state index in [1.54, 1.807) is 91.0 Å². The molecule has 10 heteroatoms. The minimum absolute atomic E-state index is 0.413. The fourth-order valence-corrected chi connectivity index (χ4v) is 5.89. The van der Waals surface area contributed by atoms with Gasteiger partial charge in [-0.25, -0.2) is 0 Å². The fraction of sp³-hybridized carbons (Fsp3) is 0.192. The van der Waals surface area contributed by atoms with E-state index in [0.717, 1.165) is 0 Å². The molecule has 2 atom stereocenters. The smallest absolute Gasteiger partial charge is 0.328 e. The van der Waals surface area contributed by atoms with Crippen molar-refractivity contribution >= 4 is 28.0 Å². The molecule has 2 unspecified atom stereocenters. The van der Waals surface area contributed by atoms with E-state index in [4.69, 9.17) is 0 Å². The standard InChI is InChI=1S/C26H24O9S/c27-22(28)16-21(23(29)30)26(24(31)32,36(33,34)35)17-25(18-10-4-1-5-11-18,19-12-6-2-7-13-19)20-14-8-3-9-15-20/h1-15,21H,16-17H2,(H,27,28)(H,29,30)(H,31,32)(H,33,34,35). The number of aliphatic carboxylic acids is 3. The Hall–Kier alpha value is -4.02. The summed E-state index contributed by atoms with van der Waals surface area (Å²) in [6, 6.07) is 24.8. The fourth-order valence-electron chi connectivity index (χ4n) is 4.72. The Morgan fingerprint density at radius 3 is 1.31 bits per heavy atom. The molecule has 36 heavy (non-hydrogen) atoms. The summed E-state index contributed by atoms with van der Waals surface area (Å²) in [5, 5.41) is 29.5. The van der Waals surface area contributed by atoms with Crippen molar-refractivity contribution in [3.8, 4) is 0 Å². The van der Waals surface area contributed by atoms with Crippen LogP contribution in [0, 0.1) is 5.92 Å². The summed E-state index contributed by atoms with van der Waals surface area (Å²) in [6.45, 7) is 0. The first kappa shape index (κ1) is 26.6. The predicted octanol–water partition coefficient (Wildman–Crippen LogP) is 3.30. The topological polar surface area (TPSA) is 166 Å². The SMILES string of the molecule is O=C(O)CC(C(=O)O)C(CC(c1ccccc1)(c1ccccc1)c1ccccc1)(C(=O)O)S(=O)(=O)O. The molecule has 0 amide bonds. The molecule has 4 N–H and O–H groups in total. The molecule has 0 saturated heterocycles. The van der Waals surface area contributed by atoms with Crippen LogP contribution in [0.15, 0.2) is 91.0 Å². The highest BCUT2D eigenvalue weighted by Crippen LogP contribution is 2.49. The molecule has 9 nitrogen and oxygen atoms in total. The Bertz CT molecular complexity index is 1240. The first-order valence-electron chi connectivity index (χ1n) is 10.8.